The van der Waals surface area contributed by atoms with Crippen LogP contribution in [0.4, 0.5) is 0 Å². The van der Waals surface area contributed by atoms with E-state index in [1.165, 1.54) is 52.8 Å². The smallest absolute Gasteiger partial charge is 0.0168 e. The third-order valence-electron chi connectivity index (χ3n) is 9.84. The first-order valence-electron chi connectivity index (χ1n) is 13.3. The highest BCUT2D eigenvalue weighted by atomic mass is 127. The molecule has 38 heavy (non-hydrogen) atoms. The second-order valence-corrected chi connectivity index (χ2v) is 16.8. The summed E-state index contributed by atoms with van der Waals surface area (Å²) in [5.74, 6) is 0. The lowest BCUT2D eigenvalue weighted by molar-refractivity contribution is -0.0703. The highest BCUT2D eigenvalue weighted by Gasteiger charge is 2.70. The van der Waals surface area contributed by atoms with Crippen molar-refractivity contribution in [1.29, 1.82) is 0 Å². The van der Waals surface area contributed by atoms with Crippen molar-refractivity contribution >= 4 is 90.4 Å². The molecule has 192 valence electrons. The van der Waals surface area contributed by atoms with Crippen LogP contribution in [0.2, 0.25) is 0 Å². The van der Waals surface area contributed by atoms with Gasteiger partial charge in [0.25, 0.3) is 0 Å². The van der Waals surface area contributed by atoms with Crippen LogP contribution in [0.5, 0.6) is 0 Å². The first-order valence-corrected chi connectivity index (χ1v) is 17.6. The first-order chi connectivity index (χ1) is 18.3. The molecule has 4 fully saturated rings. The van der Waals surface area contributed by atoms with Gasteiger partial charge in [-0.3, -0.25) is 0 Å². The maximum Gasteiger partial charge on any atom is 0.0168 e. The number of hydrogen-bond donors (Lipinski definition) is 0. The zero-order chi connectivity index (χ0) is 26.2. The van der Waals surface area contributed by atoms with E-state index < -0.39 is 0 Å². The standard InChI is InChI=1S/C34H28I4/c35-27-13-5-1-9-23(27)31-17-32(24-10-2-6-14-28(24)36)20-33(18-31,25-11-3-7-15-29(25)37)22-34(19-31,21-32)26-12-4-8-16-30(26)38/h1-16H,17-22H2. The molecule has 0 radical (unpaired) electrons. The fourth-order valence-electron chi connectivity index (χ4n) is 9.34. The highest BCUT2D eigenvalue weighted by Crippen LogP contribution is 2.75. The molecular weight excluding hydrogens is 916 g/mol. The maximum absolute atomic E-state index is 2.62. The number of hydrogen-bond acceptors (Lipinski definition) is 0. The Morgan fingerprint density at radius 1 is 0.316 bits per heavy atom. The summed E-state index contributed by atoms with van der Waals surface area (Å²) in [5.41, 5.74) is 6.90. The minimum Gasteiger partial charge on any atom is -0.0619 e. The van der Waals surface area contributed by atoms with Crippen molar-refractivity contribution in [1.82, 2.24) is 0 Å². The molecule has 4 aliphatic rings. The third-order valence-corrected chi connectivity index (χ3v) is 13.6. The summed E-state index contributed by atoms with van der Waals surface area (Å²) in [7, 11) is 0. The van der Waals surface area contributed by atoms with Gasteiger partial charge in [-0.15, -0.1) is 0 Å². The van der Waals surface area contributed by atoms with Gasteiger partial charge in [-0.05, 0) is 197 Å². The zero-order valence-corrected chi connectivity index (χ0v) is 29.6. The number of benzene rings is 4. The molecule has 4 aromatic rings. The third kappa shape index (κ3) is 4.02. The first kappa shape index (κ1) is 26.7. The van der Waals surface area contributed by atoms with Crippen LogP contribution in [0.15, 0.2) is 97.1 Å². The van der Waals surface area contributed by atoms with Gasteiger partial charge in [-0.1, -0.05) is 72.8 Å². The van der Waals surface area contributed by atoms with Crippen molar-refractivity contribution in [2.75, 3.05) is 0 Å². The molecule has 0 unspecified atom stereocenters. The van der Waals surface area contributed by atoms with E-state index in [1.807, 2.05) is 0 Å². The molecule has 0 spiro atoms. The van der Waals surface area contributed by atoms with Gasteiger partial charge in [0.05, 0.1) is 0 Å². The molecule has 4 aromatic carbocycles. The fourth-order valence-corrected chi connectivity index (χ4v) is 13.2. The Labute approximate surface area is 280 Å². The van der Waals surface area contributed by atoms with Gasteiger partial charge in [0, 0.05) is 14.3 Å². The molecule has 0 N–H and O–H groups in total. The summed E-state index contributed by atoms with van der Waals surface area (Å²) >= 11 is 10.5. The van der Waals surface area contributed by atoms with E-state index in [-0.39, 0.29) is 21.7 Å². The van der Waals surface area contributed by atoms with Crippen molar-refractivity contribution in [3.63, 3.8) is 0 Å². The zero-order valence-electron chi connectivity index (χ0n) is 21.0. The van der Waals surface area contributed by atoms with Crippen molar-refractivity contribution in [2.24, 2.45) is 0 Å². The maximum atomic E-state index is 2.62. The molecule has 4 saturated carbocycles. The van der Waals surface area contributed by atoms with E-state index >= 15 is 0 Å². The summed E-state index contributed by atoms with van der Waals surface area (Å²) in [4.78, 5) is 0. The summed E-state index contributed by atoms with van der Waals surface area (Å²) < 4.78 is 5.73. The van der Waals surface area contributed by atoms with Gasteiger partial charge < -0.3 is 0 Å². The van der Waals surface area contributed by atoms with Gasteiger partial charge in [-0.25, -0.2) is 0 Å². The summed E-state index contributed by atoms with van der Waals surface area (Å²) in [6, 6.07) is 37.2. The lowest BCUT2D eigenvalue weighted by Crippen LogP contribution is -2.67. The molecule has 4 heteroatoms. The molecule has 4 aliphatic carbocycles. The van der Waals surface area contributed by atoms with Crippen LogP contribution in [0, 0.1) is 14.3 Å². The molecule has 8 rings (SSSR count). The predicted octanol–water partition coefficient (Wildman–Crippen LogP) is 10.5. The molecule has 4 bridgehead atoms. The minimum atomic E-state index is 0.142. The van der Waals surface area contributed by atoms with Gasteiger partial charge in [0.1, 0.15) is 0 Å². The predicted molar refractivity (Wildman–Crippen MR) is 191 cm³/mol. The van der Waals surface area contributed by atoms with E-state index in [4.69, 9.17) is 0 Å². The average Bonchev–Trinajstić information content (AvgIpc) is 2.89. The normalized spacial score (nSPS) is 31.5. The highest BCUT2D eigenvalue weighted by molar-refractivity contribution is 14.1. The monoisotopic (exact) mass is 944 g/mol. The Bertz CT molecular complexity index is 1290. The van der Waals surface area contributed by atoms with Crippen LogP contribution in [-0.2, 0) is 21.7 Å². The lowest BCUT2D eigenvalue weighted by Gasteiger charge is -2.72. The summed E-state index contributed by atoms with van der Waals surface area (Å²) in [5, 5.41) is 0. The Kier molecular flexibility index (Phi) is 6.80. The van der Waals surface area contributed by atoms with Crippen molar-refractivity contribution in [3.05, 3.63) is 134 Å². The molecule has 0 atom stereocenters. The average molecular weight is 944 g/mol. The van der Waals surface area contributed by atoms with Gasteiger partial charge in [0.15, 0.2) is 0 Å². The molecule has 0 aliphatic heterocycles. The van der Waals surface area contributed by atoms with Crippen LogP contribution in [-0.4, -0.2) is 0 Å². The van der Waals surface area contributed by atoms with E-state index in [2.05, 4.69) is 187 Å². The second kappa shape index (κ2) is 9.68. The van der Waals surface area contributed by atoms with Crippen LogP contribution in [0.1, 0.15) is 60.8 Å². The molecule has 0 heterocycles. The number of halogens is 4. The molecule has 0 aromatic heterocycles. The van der Waals surface area contributed by atoms with Crippen LogP contribution < -0.4 is 0 Å². The van der Waals surface area contributed by atoms with Crippen LogP contribution in [0.3, 0.4) is 0 Å². The minimum absolute atomic E-state index is 0.142. The fraction of sp³-hybridized carbons (Fsp3) is 0.294. The Morgan fingerprint density at radius 2 is 0.500 bits per heavy atom. The largest absolute Gasteiger partial charge is 0.0619 e. The Morgan fingerprint density at radius 3 is 0.684 bits per heavy atom. The quantitative estimate of drug-likeness (QED) is 0.179. The Balaban J connectivity index is 1.58. The summed E-state index contributed by atoms with van der Waals surface area (Å²) in [6.07, 6.45) is 7.48. The number of rotatable bonds is 4. The Hall–Kier alpha value is -0.200. The van der Waals surface area contributed by atoms with Gasteiger partial charge in [-0.2, -0.15) is 0 Å². The van der Waals surface area contributed by atoms with Gasteiger partial charge >= 0.3 is 0 Å². The summed E-state index contributed by atoms with van der Waals surface area (Å²) in [6.45, 7) is 0. The molecule has 0 saturated heterocycles. The topological polar surface area (TPSA) is 0 Å². The van der Waals surface area contributed by atoms with Crippen molar-refractivity contribution in [3.8, 4) is 0 Å². The van der Waals surface area contributed by atoms with Crippen LogP contribution in [0.25, 0.3) is 0 Å². The van der Waals surface area contributed by atoms with E-state index in [1.54, 1.807) is 22.3 Å². The van der Waals surface area contributed by atoms with Crippen molar-refractivity contribution < 1.29 is 0 Å². The van der Waals surface area contributed by atoms with Crippen molar-refractivity contribution in [2.45, 2.75) is 60.2 Å². The lowest BCUT2D eigenvalue weighted by atomic mass is 9.32. The molecule has 0 amide bonds. The van der Waals surface area contributed by atoms with Crippen LogP contribution >= 0.6 is 90.4 Å². The van der Waals surface area contributed by atoms with E-state index in [0.29, 0.717) is 0 Å². The molecule has 0 nitrogen and oxygen atoms in total. The second-order valence-electron chi connectivity index (χ2n) is 12.1. The molecular formula is C34H28I4. The SMILES string of the molecule is Ic1ccccc1C12CC3(c4ccccc4I)CC(c4ccccc4I)(C1)CC(c1ccccc1I)(C2)C3. The van der Waals surface area contributed by atoms with E-state index in [0.717, 1.165) is 0 Å². The van der Waals surface area contributed by atoms with Gasteiger partial charge in [0.2, 0.25) is 0 Å². The van der Waals surface area contributed by atoms with E-state index in [9.17, 15) is 0 Å².